The Kier molecular flexibility index (Phi) is 3.87. The highest BCUT2D eigenvalue weighted by Gasteiger charge is 2.18. The van der Waals surface area contributed by atoms with Gasteiger partial charge >= 0.3 is 0 Å². The van der Waals surface area contributed by atoms with E-state index in [-0.39, 0.29) is 22.2 Å². The van der Waals surface area contributed by atoms with Crippen molar-refractivity contribution in [1.29, 1.82) is 0 Å². The van der Waals surface area contributed by atoms with Gasteiger partial charge in [-0.25, -0.2) is 8.78 Å². The number of hydrogen-bond acceptors (Lipinski definition) is 2. The molecule has 0 unspecified atom stereocenters. The van der Waals surface area contributed by atoms with Gasteiger partial charge in [-0.05, 0) is 45.6 Å². The lowest BCUT2D eigenvalue weighted by Gasteiger charge is -2.05. The third-order valence-corrected chi connectivity index (χ3v) is 4.95. The fourth-order valence-electron chi connectivity index (χ4n) is 2.10. The first-order chi connectivity index (χ1) is 10.1. The van der Waals surface area contributed by atoms with Crippen LogP contribution in [-0.2, 0) is 6.42 Å². The van der Waals surface area contributed by atoms with E-state index in [0.29, 0.717) is 4.88 Å². The van der Waals surface area contributed by atoms with Gasteiger partial charge in [-0.1, -0.05) is 18.2 Å². The van der Waals surface area contributed by atoms with E-state index in [1.165, 1.54) is 17.4 Å². The topological polar surface area (TPSA) is 17.1 Å². The van der Waals surface area contributed by atoms with Gasteiger partial charge in [0, 0.05) is 16.7 Å². The van der Waals surface area contributed by atoms with Crippen LogP contribution >= 0.6 is 27.3 Å². The molecule has 0 amide bonds. The monoisotopic (exact) mass is 366 g/mol. The summed E-state index contributed by atoms with van der Waals surface area (Å²) in [6, 6.07) is 11.8. The number of halogens is 3. The van der Waals surface area contributed by atoms with Gasteiger partial charge < -0.3 is 0 Å². The van der Waals surface area contributed by atoms with E-state index in [1.54, 1.807) is 6.07 Å². The van der Waals surface area contributed by atoms with Crippen molar-refractivity contribution in [2.75, 3.05) is 0 Å². The normalized spacial score (nSPS) is 11.0. The van der Waals surface area contributed by atoms with E-state index in [2.05, 4.69) is 15.9 Å². The fraction of sp³-hybridized carbons (Fsp3) is 0.0625. The number of fused-ring (bicyclic) bond motifs is 1. The minimum Gasteiger partial charge on any atom is -0.293 e. The van der Waals surface area contributed by atoms with Crippen molar-refractivity contribution in [3.05, 3.63) is 69.0 Å². The molecule has 3 rings (SSSR count). The van der Waals surface area contributed by atoms with Crippen LogP contribution in [0.2, 0.25) is 0 Å². The molecular formula is C16H9BrF2OS. The van der Waals surface area contributed by atoms with Crippen LogP contribution in [0.3, 0.4) is 0 Å². The Morgan fingerprint density at radius 2 is 1.90 bits per heavy atom. The minimum atomic E-state index is -0.718. The Morgan fingerprint density at radius 3 is 2.67 bits per heavy atom. The van der Waals surface area contributed by atoms with Gasteiger partial charge in [-0.2, -0.15) is 0 Å². The van der Waals surface area contributed by atoms with E-state index < -0.39 is 11.6 Å². The van der Waals surface area contributed by atoms with Crippen molar-refractivity contribution >= 4 is 43.1 Å². The highest BCUT2D eigenvalue weighted by molar-refractivity contribution is 9.10. The first-order valence-electron chi connectivity index (χ1n) is 6.20. The predicted molar refractivity (Wildman–Crippen MR) is 83.9 cm³/mol. The van der Waals surface area contributed by atoms with Crippen LogP contribution in [0.25, 0.3) is 10.1 Å². The molecule has 5 heteroatoms. The van der Waals surface area contributed by atoms with Gasteiger partial charge in [0.25, 0.3) is 0 Å². The van der Waals surface area contributed by atoms with E-state index in [4.69, 9.17) is 0 Å². The summed E-state index contributed by atoms with van der Waals surface area (Å²) in [5.41, 5.74) is -0.202. The summed E-state index contributed by atoms with van der Waals surface area (Å²) in [4.78, 5) is 12.8. The first-order valence-corrected chi connectivity index (χ1v) is 7.81. The molecule has 0 bridgehead atoms. The Balaban J connectivity index is 1.95. The lowest BCUT2D eigenvalue weighted by molar-refractivity contribution is 0.0994. The summed E-state index contributed by atoms with van der Waals surface area (Å²) < 4.78 is 28.7. The summed E-state index contributed by atoms with van der Waals surface area (Å²) in [5, 5.41) is 0.959. The van der Waals surface area contributed by atoms with Gasteiger partial charge in [0.15, 0.2) is 5.78 Å². The van der Waals surface area contributed by atoms with Crippen LogP contribution in [0.4, 0.5) is 8.78 Å². The highest BCUT2D eigenvalue weighted by Crippen LogP contribution is 2.28. The molecule has 2 aromatic carbocycles. The Morgan fingerprint density at radius 1 is 1.14 bits per heavy atom. The number of Topliss-reactive ketones (excluding diaryl/α,β-unsaturated/α-hetero) is 1. The molecular weight excluding hydrogens is 358 g/mol. The van der Waals surface area contributed by atoms with Crippen LogP contribution < -0.4 is 0 Å². The number of carbonyl (C=O) groups excluding carboxylic acids is 1. The summed E-state index contributed by atoms with van der Waals surface area (Å²) in [6.45, 7) is 0. The SMILES string of the molecule is O=C(Cc1c(F)ccc(Br)c1F)c1cc2ccccc2s1. The second-order valence-electron chi connectivity index (χ2n) is 4.57. The quantitative estimate of drug-likeness (QED) is 0.450. The summed E-state index contributed by atoms with van der Waals surface area (Å²) in [7, 11) is 0. The maximum absolute atomic E-state index is 13.9. The fourth-order valence-corrected chi connectivity index (χ4v) is 3.47. The lowest BCUT2D eigenvalue weighted by atomic mass is 10.1. The van der Waals surface area contributed by atoms with Gasteiger partial charge in [-0.15, -0.1) is 11.3 Å². The van der Waals surface area contributed by atoms with Gasteiger partial charge in [0.05, 0.1) is 9.35 Å². The second-order valence-corrected chi connectivity index (χ2v) is 6.51. The molecule has 0 saturated heterocycles. The van der Waals surface area contributed by atoms with Crippen molar-refractivity contribution in [2.24, 2.45) is 0 Å². The zero-order valence-electron chi connectivity index (χ0n) is 10.7. The molecule has 21 heavy (non-hydrogen) atoms. The number of benzene rings is 2. The Labute approximate surface area is 132 Å². The van der Waals surface area contributed by atoms with Crippen LogP contribution in [0.15, 0.2) is 46.9 Å². The van der Waals surface area contributed by atoms with E-state index in [9.17, 15) is 13.6 Å². The van der Waals surface area contributed by atoms with Crippen molar-refractivity contribution < 1.29 is 13.6 Å². The van der Waals surface area contributed by atoms with E-state index in [1.807, 2.05) is 24.3 Å². The molecule has 0 aliphatic carbocycles. The number of hydrogen-bond donors (Lipinski definition) is 0. The van der Waals surface area contributed by atoms with Crippen LogP contribution in [-0.4, -0.2) is 5.78 Å². The molecule has 0 radical (unpaired) electrons. The molecule has 0 fully saturated rings. The molecule has 0 aliphatic rings. The molecule has 1 heterocycles. The standard InChI is InChI=1S/C16H9BrF2OS/c17-11-5-6-12(18)10(16(11)19)8-13(20)15-7-9-3-1-2-4-14(9)21-15/h1-7H,8H2. The molecule has 3 aromatic rings. The number of carbonyl (C=O) groups is 1. The third kappa shape index (κ3) is 2.76. The second kappa shape index (κ2) is 5.66. The number of ketones is 1. The molecule has 0 saturated carbocycles. The van der Waals surface area contributed by atoms with Gasteiger partial charge in [0.1, 0.15) is 11.6 Å². The zero-order chi connectivity index (χ0) is 15.0. The Bertz CT molecular complexity index is 808. The van der Waals surface area contributed by atoms with Crippen molar-refractivity contribution in [1.82, 2.24) is 0 Å². The molecule has 0 aliphatic heterocycles. The largest absolute Gasteiger partial charge is 0.293 e. The van der Waals surface area contributed by atoms with Gasteiger partial charge in [-0.3, -0.25) is 4.79 Å². The van der Waals surface area contributed by atoms with Crippen LogP contribution in [0, 0.1) is 11.6 Å². The highest BCUT2D eigenvalue weighted by atomic mass is 79.9. The van der Waals surface area contributed by atoms with Crippen molar-refractivity contribution in [3.8, 4) is 0 Å². The maximum Gasteiger partial charge on any atom is 0.177 e. The maximum atomic E-state index is 13.9. The minimum absolute atomic E-state index is 0.156. The molecule has 106 valence electrons. The molecule has 0 atom stereocenters. The molecule has 0 spiro atoms. The first kappa shape index (κ1) is 14.4. The van der Waals surface area contributed by atoms with Crippen molar-refractivity contribution in [2.45, 2.75) is 6.42 Å². The predicted octanol–water partition coefficient (Wildman–Crippen LogP) is 5.37. The van der Waals surface area contributed by atoms with E-state index in [0.717, 1.165) is 16.2 Å². The van der Waals surface area contributed by atoms with Crippen LogP contribution in [0.5, 0.6) is 0 Å². The molecule has 1 aromatic heterocycles. The summed E-state index contributed by atoms with van der Waals surface area (Å²) in [5.74, 6) is -1.71. The third-order valence-electron chi connectivity index (χ3n) is 3.18. The van der Waals surface area contributed by atoms with Gasteiger partial charge in [0.2, 0.25) is 0 Å². The number of rotatable bonds is 3. The number of thiophene rings is 1. The van der Waals surface area contributed by atoms with Crippen molar-refractivity contribution in [3.63, 3.8) is 0 Å². The molecule has 0 N–H and O–H groups in total. The Hall–Kier alpha value is -1.59. The van der Waals surface area contributed by atoms with Crippen LogP contribution in [0.1, 0.15) is 15.2 Å². The smallest absolute Gasteiger partial charge is 0.177 e. The van der Waals surface area contributed by atoms with E-state index >= 15 is 0 Å². The average Bonchev–Trinajstić information content (AvgIpc) is 2.91. The lowest BCUT2D eigenvalue weighted by Crippen LogP contribution is -2.06. The summed E-state index contributed by atoms with van der Waals surface area (Å²) >= 11 is 4.34. The molecule has 1 nitrogen and oxygen atoms in total. The zero-order valence-corrected chi connectivity index (χ0v) is 13.1. The average molecular weight is 367 g/mol. The summed E-state index contributed by atoms with van der Waals surface area (Å²) in [6.07, 6.45) is -0.288.